The van der Waals surface area contributed by atoms with Crippen LogP contribution in [0.15, 0.2) is 23.1 Å². The molecule has 17 heavy (non-hydrogen) atoms. The molecular weight excluding hydrogens is 279 g/mol. The number of aromatic carboxylic acids is 2. The molecule has 0 bridgehead atoms. The van der Waals surface area contributed by atoms with Gasteiger partial charge in [0.15, 0.2) is 0 Å². The predicted molar refractivity (Wildman–Crippen MR) is 55.9 cm³/mol. The molecule has 0 fully saturated rings. The number of carboxylic acid groups (broad SMARTS) is 2. The molecule has 1 aromatic carbocycles. The molecule has 0 atom stereocenters. The Labute approximate surface area is 139 Å². The summed E-state index contributed by atoms with van der Waals surface area (Å²) in [5, 5.41) is 17.3. The fraction of sp³-hybridized carbons (Fsp3) is 0. The van der Waals surface area contributed by atoms with Gasteiger partial charge in [-0.15, -0.1) is 0 Å². The quantitative estimate of drug-likeness (QED) is 0.524. The van der Waals surface area contributed by atoms with Crippen LogP contribution in [0.4, 0.5) is 0 Å². The number of rotatable bonds is 3. The van der Waals surface area contributed by atoms with Crippen LogP contribution in [-0.4, -0.2) is 86.5 Å². The largest absolute Gasteiger partial charge is 0.478 e. The summed E-state index contributed by atoms with van der Waals surface area (Å²) in [5.74, 6) is -3.10. The van der Waals surface area contributed by atoms with Gasteiger partial charge in [-0.25, -0.2) is 9.59 Å². The summed E-state index contributed by atoms with van der Waals surface area (Å²) in [5.41, 5.74) is -1.26. The monoisotopic (exact) mass is 285 g/mol. The van der Waals surface area contributed by atoms with Gasteiger partial charge in [0.05, 0.1) is 16.0 Å². The first-order chi connectivity index (χ1) is 7.23. The molecule has 0 spiro atoms. The van der Waals surface area contributed by atoms with E-state index in [2.05, 4.69) is 0 Å². The van der Waals surface area contributed by atoms with Crippen molar-refractivity contribution >= 4 is 73.4 Å². The maximum Gasteiger partial charge on any atom is 0.336 e. The minimum Gasteiger partial charge on any atom is -0.478 e. The second-order valence-corrected chi connectivity index (χ2v) is 4.21. The number of carbonyl (C=O) groups is 2. The average Bonchev–Trinajstić information content (AvgIpc) is 2.15. The Balaban J connectivity index is 0.00000256. The Morgan fingerprint density at radius 1 is 1.00 bits per heavy atom. The molecule has 0 aliphatic rings. The summed E-state index contributed by atoms with van der Waals surface area (Å²) in [4.78, 5) is 20.6. The van der Waals surface area contributed by atoms with Crippen LogP contribution < -0.4 is 0 Å². The summed E-state index contributed by atoms with van der Waals surface area (Å²) in [6.45, 7) is 0. The maximum absolute atomic E-state index is 10.7. The molecule has 87 valence electrons. The molecule has 1 rings (SSSR count). The number of hydrogen-bond donors (Lipinski definition) is 3. The van der Waals surface area contributed by atoms with Crippen LogP contribution in [-0.2, 0) is 10.1 Å². The van der Waals surface area contributed by atoms with E-state index in [1.165, 1.54) is 0 Å². The molecule has 0 aromatic heterocycles. The average molecular weight is 285 g/mol. The van der Waals surface area contributed by atoms with Gasteiger partial charge in [-0.3, -0.25) is 4.55 Å². The van der Waals surface area contributed by atoms with Crippen LogP contribution in [0.3, 0.4) is 0 Å². The Hall–Kier alpha value is -0.294. The minimum absolute atomic E-state index is 0. The van der Waals surface area contributed by atoms with E-state index in [9.17, 15) is 18.0 Å². The second kappa shape index (κ2) is 6.04. The van der Waals surface area contributed by atoms with Crippen LogP contribution in [0.1, 0.15) is 20.7 Å². The number of carboxylic acids is 2. The third-order valence-electron chi connectivity index (χ3n) is 1.75. The van der Waals surface area contributed by atoms with Gasteiger partial charge in [0.1, 0.15) is 0 Å². The molecule has 1 radical (unpaired) electrons. The van der Waals surface area contributed by atoms with E-state index in [0.29, 0.717) is 6.07 Å². The third kappa shape index (κ3) is 4.14. The first kappa shape index (κ1) is 16.7. The Bertz CT molecular complexity index is 563. The van der Waals surface area contributed by atoms with Crippen molar-refractivity contribution in [3.05, 3.63) is 29.3 Å². The van der Waals surface area contributed by atoms with Gasteiger partial charge >= 0.3 is 11.9 Å². The van der Waals surface area contributed by atoms with Gasteiger partial charge in [0, 0.05) is 51.4 Å². The van der Waals surface area contributed by atoms with Gasteiger partial charge in [-0.05, 0) is 18.2 Å². The number of benzene rings is 1. The molecule has 0 aliphatic heterocycles. The Morgan fingerprint density at radius 2 is 1.47 bits per heavy atom. The summed E-state index contributed by atoms with van der Waals surface area (Å²) in [6.07, 6.45) is 0. The Morgan fingerprint density at radius 3 is 1.82 bits per heavy atom. The van der Waals surface area contributed by atoms with Crippen molar-refractivity contribution in [2.75, 3.05) is 0 Å². The SMILES string of the molecule is O=C(O)c1ccc(S(=O)(=O)O)cc1C(=O)O.[K]. The first-order valence-electron chi connectivity index (χ1n) is 3.81. The maximum atomic E-state index is 10.7. The summed E-state index contributed by atoms with van der Waals surface area (Å²) in [6, 6.07) is 2.20. The van der Waals surface area contributed by atoms with Crippen molar-refractivity contribution in [3.8, 4) is 0 Å². The summed E-state index contributed by atoms with van der Waals surface area (Å²) in [7, 11) is -4.56. The zero-order chi connectivity index (χ0) is 12.5. The second-order valence-electron chi connectivity index (χ2n) is 2.79. The van der Waals surface area contributed by atoms with E-state index >= 15 is 0 Å². The fourth-order valence-electron chi connectivity index (χ4n) is 1.05. The van der Waals surface area contributed by atoms with Crippen LogP contribution >= 0.6 is 0 Å². The van der Waals surface area contributed by atoms with E-state index in [-0.39, 0.29) is 51.4 Å². The molecule has 0 saturated heterocycles. The van der Waals surface area contributed by atoms with E-state index in [1.807, 2.05) is 0 Å². The topological polar surface area (TPSA) is 129 Å². The van der Waals surface area contributed by atoms with E-state index in [4.69, 9.17) is 14.8 Å². The molecular formula is C8H6KO7S. The predicted octanol–water partition coefficient (Wildman–Crippen LogP) is -0.0511. The van der Waals surface area contributed by atoms with Gasteiger partial charge in [-0.2, -0.15) is 8.42 Å². The van der Waals surface area contributed by atoms with Crippen molar-refractivity contribution in [2.24, 2.45) is 0 Å². The fourth-order valence-corrected chi connectivity index (χ4v) is 1.55. The van der Waals surface area contributed by atoms with Gasteiger partial charge in [0.25, 0.3) is 10.1 Å². The van der Waals surface area contributed by atoms with Crippen molar-refractivity contribution < 1.29 is 32.8 Å². The number of hydrogen-bond acceptors (Lipinski definition) is 4. The van der Waals surface area contributed by atoms with Gasteiger partial charge in [-0.1, -0.05) is 0 Å². The van der Waals surface area contributed by atoms with E-state index in [0.717, 1.165) is 12.1 Å². The van der Waals surface area contributed by atoms with Crippen molar-refractivity contribution in [2.45, 2.75) is 4.90 Å². The van der Waals surface area contributed by atoms with Crippen LogP contribution in [0, 0.1) is 0 Å². The summed E-state index contributed by atoms with van der Waals surface area (Å²) >= 11 is 0. The van der Waals surface area contributed by atoms with Crippen molar-refractivity contribution in [1.82, 2.24) is 0 Å². The van der Waals surface area contributed by atoms with Crippen LogP contribution in [0.25, 0.3) is 0 Å². The van der Waals surface area contributed by atoms with E-state index in [1.54, 1.807) is 0 Å². The summed E-state index contributed by atoms with van der Waals surface area (Å²) < 4.78 is 30.1. The zero-order valence-electron chi connectivity index (χ0n) is 8.61. The molecule has 0 aliphatic carbocycles. The molecule has 0 amide bonds. The van der Waals surface area contributed by atoms with Gasteiger partial charge in [0.2, 0.25) is 0 Å². The first-order valence-corrected chi connectivity index (χ1v) is 5.25. The van der Waals surface area contributed by atoms with Crippen molar-refractivity contribution in [1.29, 1.82) is 0 Å². The molecule has 0 heterocycles. The van der Waals surface area contributed by atoms with Crippen molar-refractivity contribution in [3.63, 3.8) is 0 Å². The normalized spacial score (nSPS) is 10.4. The minimum atomic E-state index is -4.56. The Kier molecular flexibility index (Phi) is 5.94. The molecule has 9 heteroatoms. The third-order valence-corrected chi connectivity index (χ3v) is 2.60. The van der Waals surface area contributed by atoms with E-state index < -0.39 is 38.1 Å². The molecule has 1 aromatic rings. The smallest absolute Gasteiger partial charge is 0.336 e. The van der Waals surface area contributed by atoms with Crippen LogP contribution in [0.5, 0.6) is 0 Å². The molecule has 0 saturated carbocycles. The molecule has 0 unspecified atom stereocenters. The standard InChI is InChI=1S/C8H6O7S.K/c9-7(10)5-2-1-4(16(13,14)15)3-6(5)8(11)12;/h1-3H,(H,9,10)(H,11,12)(H,13,14,15);. The molecule has 3 N–H and O–H groups in total. The zero-order valence-corrected chi connectivity index (χ0v) is 12.6. The van der Waals surface area contributed by atoms with Gasteiger partial charge < -0.3 is 10.2 Å². The van der Waals surface area contributed by atoms with Crippen LogP contribution in [0.2, 0.25) is 0 Å². The molecule has 7 nitrogen and oxygen atoms in total.